The van der Waals surface area contributed by atoms with Gasteiger partial charge in [0.1, 0.15) is 0 Å². The van der Waals surface area contributed by atoms with Crippen LogP contribution >= 0.6 is 23.2 Å². The molecule has 0 saturated carbocycles. The number of hydrogen-bond acceptors (Lipinski definition) is 3. The zero-order chi connectivity index (χ0) is 9.61. The van der Waals surface area contributed by atoms with Crippen LogP contribution in [0.25, 0.3) is 0 Å². The Labute approximate surface area is 82.4 Å². The molecule has 0 aliphatic carbocycles. The summed E-state index contributed by atoms with van der Waals surface area (Å²) in [6.45, 7) is 0.363. The topological polar surface area (TPSA) is 60.2 Å². The lowest BCUT2D eigenvalue weighted by Gasteiger charge is -2.00. The van der Waals surface area contributed by atoms with E-state index in [0.29, 0.717) is 13.0 Å². The molecule has 0 heterocycles. The van der Waals surface area contributed by atoms with Crippen LogP contribution in [0, 0.1) is 0 Å². The fraction of sp³-hybridized carbons (Fsp3) is 0.667. The standard InChI is InChI=1S/C6H11Cl2NO2S/c7-4-6(8)5-12(10,11)3-1-2-9/h4H,1-3,5,9H2/b6-4-. The van der Waals surface area contributed by atoms with E-state index in [1.54, 1.807) is 0 Å². The van der Waals surface area contributed by atoms with Gasteiger partial charge >= 0.3 is 0 Å². The Hall–Kier alpha value is 0.230. The molecule has 0 rings (SSSR count). The number of sulfone groups is 1. The minimum Gasteiger partial charge on any atom is -0.330 e. The maximum atomic E-state index is 11.1. The lowest BCUT2D eigenvalue weighted by atomic mass is 10.5. The summed E-state index contributed by atoms with van der Waals surface area (Å²) in [5.41, 5.74) is 6.22. The van der Waals surface area contributed by atoms with Crippen LogP contribution in [0.1, 0.15) is 6.42 Å². The van der Waals surface area contributed by atoms with E-state index in [4.69, 9.17) is 28.9 Å². The van der Waals surface area contributed by atoms with Gasteiger partial charge in [0.25, 0.3) is 0 Å². The second-order valence-corrected chi connectivity index (χ2v) is 5.18. The minimum atomic E-state index is -3.12. The Bertz CT molecular complexity index is 248. The van der Waals surface area contributed by atoms with E-state index in [0.717, 1.165) is 5.54 Å². The van der Waals surface area contributed by atoms with Crippen LogP contribution in [0.5, 0.6) is 0 Å². The van der Waals surface area contributed by atoms with Crippen molar-refractivity contribution in [2.24, 2.45) is 5.73 Å². The molecule has 0 fully saturated rings. The third-order valence-electron chi connectivity index (χ3n) is 1.14. The predicted octanol–water partition coefficient (Wildman–Crippen LogP) is 1.07. The highest BCUT2D eigenvalue weighted by Gasteiger charge is 2.11. The van der Waals surface area contributed by atoms with Crippen LogP contribution < -0.4 is 5.73 Å². The highest BCUT2D eigenvalue weighted by molar-refractivity contribution is 7.91. The van der Waals surface area contributed by atoms with Gasteiger partial charge in [0, 0.05) is 10.6 Å². The lowest BCUT2D eigenvalue weighted by molar-refractivity contribution is 0.596. The molecule has 0 unspecified atom stereocenters. The van der Waals surface area contributed by atoms with Crippen LogP contribution in [-0.2, 0) is 9.84 Å². The van der Waals surface area contributed by atoms with Crippen molar-refractivity contribution < 1.29 is 8.42 Å². The van der Waals surface area contributed by atoms with Crippen molar-refractivity contribution in [3.63, 3.8) is 0 Å². The van der Waals surface area contributed by atoms with Crippen LogP contribution in [0.2, 0.25) is 0 Å². The van der Waals surface area contributed by atoms with E-state index < -0.39 is 9.84 Å². The van der Waals surface area contributed by atoms with Gasteiger partial charge in [-0.25, -0.2) is 8.42 Å². The molecule has 0 atom stereocenters. The Morgan fingerprint density at radius 1 is 1.50 bits per heavy atom. The molecule has 0 aromatic rings. The van der Waals surface area contributed by atoms with E-state index in [1.807, 2.05) is 0 Å². The molecule has 0 spiro atoms. The number of nitrogens with two attached hydrogens (primary N) is 1. The second kappa shape index (κ2) is 5.80. The van der Waals surface area contributed by atoms with E-state index in [9.17, 15) is 8.42 Å². The molecule has 0 aliphatic rings. The first-order valence-electron chi connectivity index (χ1n) is 3.37. The third-order valence-corrected chi connectivity index (χ3v) is 3.57. The van der Waals surface area contributed by atoms with E-state index in [2.05, 4.69) is 0 Å². The Morgan fingerprint density at radius 3 is 2.50 bits per heavy atom. The maximum absolute atomic E-state index is 11.1. The Morgan fingerprint density at radius 2 is 2.08 bits per heavy atom. The highest BCUT2D eigenvalue weighted by Crippen LogP contribution is 2.08. The van der Waals surface area contributed by atoms with Gasteiger partial charge in [-0.05, 0) is 13.0 Å². The van der Waals surface area contributed by atoms with E-state index in [-0.39, 0.29) is 16.5 Å². The first-order chi connectivity index (χ1) is 5.52. The Balaban J connectivity index is 4.06. The first-order valence-corrected chi connectivity index (χ1v) is 6.00. The molecule has 0 aromatic heterocycles. The summed E-state index contributed by atoms with van der Waals surface area (Å²) >= 11 is 10.7. The molecule has 2 N–H and O–H groups in total. The smallest absolute Gasteiger partial charge is 0.155 e. The monoisotopic (exact) mass is 231 g/mol. The molecule has 3 nitrogen and oxygen atoms in total. The van der Waals surface area contributed by atoms with E-state index >= 15 is 0 Å². The minimum absolute atomic E-state index is 0.0600. The van der Waals surface area contributed by atoms with Gasteiger partial charge < -0.3 is 5.73 Å². The third kappa shape index (κ3) is 5.83. The second-order valence-electron chi connectivity index (χ2n) is 2.29. The van der Waals surface area contributed by atoms with Crippen LogP contribution in [0.3, 0.4) is 0 Å². The summed E-state index contributed by atoms with van der Waals surface area (Å²) in [6.07, 6.45) is 0.453. The van der Waals surface area contributed by atoms with E-state index in [1.165, 1.54) is 0 Å². The first kappa shape index (κ1) is 12.2. The van der Waals surface area contributed by atoms with Crippen LogP contribution in [0.15, 0.2) is 10.6 Å². The molecule has 0 radical (unpaired) electrons. The van der Waals surface area contributed by atoms with Crippen molar-refractivity contribution in [3.05, 3.63) is 10.6 Å². The average molecular weight is 232 g/mol. The quantitative estimate of drug-likeness (QED) is 0.771. The molecular formula is C6H11Cl2NO2S. The number of hydrogen-bond donors (Lipinski definition) is 1. The van der Waals surface area contributed by atoms with Gasteiger partial charge in [-0.15, -0.1) is 0 Å². The zero-order valence-corrected chi connectivity index (χ0v) is 8.79. The molecule has 12 heavy (non-hydrogen) atoms. The van der Waals surface area contributed by atoms with Gasteiger partial charge in [0.05, 0.1) is 11.5 Å². The van der Waals surface area contributed by atoms with Crippen molar-refractivity contribution in [1.82, 2.24) is 0 Å². The van der Waals surface area contributed by atoms with Gasteiger partial charge in [-0.2, -0.15) is 0 Å². The van der Waals surface area contributed by atoms with Gasteiger partial charge in [-0.1, -0.05) is 23.2 Å². The molecule has 0 amide bonds. The number of halogens is 2. The number of rotatable bonds is 5. The Kier molecular flexibility index (Phi) is 5.92. The van der Waals surface area contributed by atoms with Crippen molar-refractivity contribution in [1.29, 1.82) is 0 Å². The largest absolute Gasteiger partial charge is 0.330 e. The summed E-state index contributed by atoms with van der Waals surface area (Å²) in [5.74, 6) is -0.136. The average Bonchev–Trinajstić information content (AvgIpc) is 2.00. The van der Waals surface area contributed by atoms with Gasteiger partial charge in [0.15, 0.2) is 9.84 Å². The fourth-order valence-corrected chi connectivity index (χ4v) is 2.54. The molecule has 6 heteroatoms. The summed E-state index contributed by atoms with van der Waals surface area (Å²) in [5, 5.41) is 0.133. The van der Waals surface area contributed by atoms with Crippen molar-refractivity contribution >= 4 is 33.0 Å². The summed E-state index contributed by atoms with van der Waals surface area (Å²) in [6, 6.07) is 0. The summed E-state index contributed by atoms with van der Waals surface area (Å²) in [4.78, 5) is 0. The predicted molar refractivity (Wildman–Crippen MR) is 52.1 cm³/mol. The summed E-state index contributed by atoms with van der Waals surface area (Å²) in [7, 11) is -3.12. The van der Waals surface area contributed by atoms with Crippen molar-refractivity contribution in [3.8, 4) is 0 Å². The van der Waals surface area contributed by atoms with Crippen LogP contribution in [0.4, 0.5) is 0 Å². The molecule has 0 aromatic carbocycles. The van der Waals surface area contributed by atoms with Crippen LogP contribution in [-0.4, -0.2) is 26.5 Å². The van der Waals surface area contributed by atoms with Crippen molar-refractivity contribution in [2.45, 2.75) is 6.42 Å². The molecule has 0 saturated heterocycles. The normalized spacial score (nSPS) is 13.4. The zero-order valence-electron chi connectivity index (χ0n) is 6.46. The molecule has 72 valence electrons. The van der Waals surface area contributed by atoms with Gasteiger partial charge in [0.2, 0.25) is 0 Å². The maximum Gasteiger partial charge on any atom is 0.155 e. The van der Waals surface area contributed by atoms with Gasteiger partial charge in [-0.3, -0.25) is 0 Å². The summed E-state index contributed by atoms with van der Waals surface area (Å²) < 4.78 is 22.2. The molecule has 0 bridgehead atoms. The van der Waals surface area contributed by atoms with Crippen molar-refractivity contribution in [2.75, 3.05) is 18.1 Å². The molecule has 0 aliphatic heterocycles. The fourth-order valence-electron chi connectivity index (χ4n) is 0.617. The highest BCUT2D eigenvalue weighted by atomic mass is 35.5. The lowest BCUT2D eigenvalue weighted by Crippen LogP contribution is -2.14. The molecular weight excluding hydrogens is 221 g/mol. The SMILES string of the molecule is NCCCS(=O)(=O)C/C(Cl)=C/Cl.